The Labute approximate surface area is 319 Å². The van der Waals surface area contributed by atoms with Crippen molar-refractivity contribution in [3.05, 3.63) is 102 Å². The third-order valence-corrected chi connectivity index (χ3v) is 10.6. The molecule has 0 aliphatic heterocycles. The van der Waals surface area contributed by atoms with Crippen LogP contribution in [0.2, 0.25) is 0 Å². The van der Waals surface area contributed by atoms with Crippen LogP contribution in [0, 0.1) is 6.92 Å². The smallest absolute Gasteiger partial charge is 0.297 e. The first-order valence-electron chi connectivity index (χ1n) is 15.9. The summed E-state index contributed by atoms with van der Waals surface area (Å²) in [6.45, 7) is 1.76. The number of aromatic hydroxyl groups is 4. The highest BCUT2D eigenvalue weighted by Crippen LogP contribution is 2.44. The van der Waals surface area contributed by atoms with Crippen molar-refractivity contribution < 1.29 is 50.2 Å². The highest BCUT2D eigenvalue weighted by Gasteiger charge is 2.24. The Morgan fingerprint density at radius 3 is 1.93 bits per heavy atom. The molecule has 0 amide bonds. The number of fused-ring (bicyclic) bond motifs is 2. The molecule has 6 rings (SSSR count). The highest BCUT2D eigenvalue weighted by atomic mass is 32.2. The Hall–Kier alpha value is -6.23. The van der Waals surface area contributed by atoms with Gasteiger partial charge in [-0.2, -0.15) is 8.42 Å². The summed E-state index contributed by atoms with van der Waals surface area (Å²) in [5.41, 5.74) is 0.838. The largest absolute Gasteiger partial charge is 0.506 e. The Bertz CT molecular complexity index is 2990. The van der Waals surface area contributed by atoms with Crippen LogP contribution in [0.1, 0.15) is 16.7 Å². The number of hydrogen-bond acceptors (Lipinski definition) is 15. The summed E-state index contributed by atoms with van der Waals surface area (Å²) in [7, 11) is -13.0. The van der Waals surface area contributed by atoms with E-state index in [9.17, 15) is 50.2 Å². The summed E-state index contributed by atoms with van der Waals surface area (Å²) >= 11 is 0. The molecule has 0 saturated heterocycles. The van der Waals surface area contributed by atoms with Gasteiger partial charge in [-0.1, -0.05) is 24.3 Å². The van der Waals surface area contributed by atoms with Gasteiger partial charge in [0.25, 0.3) is 10.1 Å². The molecular weight excluding hydrogens is 791 g/mol. The molecule has 6 aromatic rings. The average molecular weight is 822 g/mol. The van der Waals surface area contributed by atoms with E-state index in [1.54, 1.807) is 31.2 Å². The molecule has 6 aromatic carbocycles. The number of nitrogens with zero attached hydrogens (tertiary/aromatic N) is 4. The van der Waals surface area contributed by atoms with Crippen LogP contribution >= 0.6 is 0 Å². The molecular formula is C35H31N7O11S3. The van der Waals surface area contributed by atoms with Crippen LogP contribution < -0.4 is 15.6 Å². The first-order chi connectivity index (χ1) is 26.2. The zero-order valence-corrected chi connectivity index (χ0v) is 31.3. The molecule has 10 N–H and O–H groups in total. The lowest BCUT2D eigenvalue weighted by atomic mass is 10.0. The molecule has 0 aromatic heterocycles. The lowest BCUT2D eigenvalue weighted by molar-refractivity contribution is 0.468. The van der Waals surface area contributed by atoms with E-state index in [2.05, 4.69) is 25.8 Å². The van der Waals surface area contributed by atoms with E-state index in [4.69, 9.17) is 10.3 Å². The van der Waals surface area contributed by atoms with Crippen molar-refractivity contribution in [1.82, 2.24) is 0 Å². The van der Waals surface area contributed by atoms with Crippen molar-refractivity contribution in [2.24, 2.45) is 30.7 Å². The van der Waals surface area contributed by atoms with Gasteiger partial charge in [0.05, 0.1) is 11.5 Å². The summed E-state index contributed by atoms with van der Waals surface area (Å²) in [5, 5.41) is 72.7. The number of phenols is 4. The van der Waals surface area contributed by atoms with E-state index in [0.717, 1.165) is 0 Å². The van der Waals surface area contributed by atoms with Gasteiger partial charge >= 0.3 is 0 Å². The fourth-order valence-corrected chi connectivity index (χ4v) is 8.04. The molecule has 0 unspecified atom stereocenters. The number of benzene rings is 6. The molecule has 18 nitrogen and oxygen atoms in total. The predicted octanol–water partition coefficient (Wildman–Crippen LogP) is 6.52. The fraction of sp³-hybridized carbons (Fsp3) is 0.0857. The number of anilines is 2. The number of azo groups is 2. The van der Waals surface area contributed by atoms with Crippen LogP contribution in [0.3, 0.4) is 0 Å². The van der Waals surface area contributed by atoms with Crippen LogP contribution in [0.25, 0.3) is 21.5 Å². The molecule has 0 spiro atoms. The van der Waals surface area contributed by atoms with E-state index in [-0.39, 0.29) is 50.5 Å². The summed E-state index contributed by atoms with van der Waals surface area (Å²) in [6.07, 6.45) is 0. The molecule has 0 radical (unpaired) electrons. The second kappa shape index (κ2) is 14.8. The topological polar surface area (TPSA) is 317 Å². The third kappa shape index (κ3) is 8.83. The zero-order chi connectivity index (χ0) is 40.7. The lowest BCUT2D eigenvalue weighted by Crippen LogP contribution is -2.14. The molecule has 0 bridgehead atoms. The van der Waals surface area contributed by atoms with Crippen LogP contribution in [0.15, 0.2) is 110 Å². The maximum Gasteiger partial charge on any atom is 0.297 e. The van der Waals surface area contributed by atoms with Gasteiger partial charge < -0.3 is 25.7 Å². The normalized spacial score (nSPS) is 12.6. The van der Waals surface area contributed by atoms with Gasteiger partial charge in [0.1, 0.15) is 44.9 Å². The monoisotopic (exact) mass is 821 g/mol. The quantitative estimate of drug-likeness (QED) is 0.0511. The van der Waals surface area contributed by atoms with Gasteiger partial charge in [0, 0.05) is 22.1 Å². The maximum absolute atomic E-state index is 12.6. The van der Waals surface area contributed by atoms with Crippen molar-refractivity contribution in [3.63, 3.8) is 0 Å². The van der Waals surface area contributed by atoms with Gasteiger partial charge in [0.15, 0.2) is 5.75 Å². The second-order valence-electron chi connectivity index (χ2n) is 12.6. The first-order valence-corrected chi connectivity index (χ1v) is 20.8. The van der Waals surface area contributed by atoms with Crippen molar-refractivity contribution in [2.45, 2.75) is 23.3 Å². The second-order valence-corrected chi connectivity index (χ2v) is 17.1. The van der Waals surface area contributed by atoms with E-state index < -0.39 is 63.8 Å². The number of aryl methyl sites for hydroxylation is 1. The zero-order valence-electron chi connectivity index (χ0n) is 28.9. The average Bonchev–Trinajstić information content (AvgIpc) is 3.08. The number of sulfonamides is 2. The Balaban J connectivity index is 1.32. The van der Waals surface area contributed by atoms with Gasteiger partial charge in [-0.05, 0) is 95.1 Å². The SMILES string of the molecule is Cc1cc(N=Nc2cc(CS(N)(=O)=O)ccc2O)c(O)c2ccc(Nc3ccc4c(S(=O)(=O)O)c(N=Nc5c(O)cccc5CS(N)(=O)=O)c(O)cc4c3)cc12. The minimum Gasteiger partial charge on any atom is -0.506 e. The van der Waals surface area contributed by atoms with Crippen LogP contribution in [0.5, 0.6) is 23.0 Å². The van der Waals surface area contributed by atoms with E-state index in [0.29, 0.717) is 27.7 Å². The van der Waals surface area contributed by atoms with Crippen molar-refractivity contribution in [1.29, 1.82) is 0 Å². The highest BCUT2D eigenvalue weighted by molar-refractivity contribution is 7.88. The molecule has 0 atom stereocenters. The fourth-order valence-electron chi connectivity index (χ4n) is 5.88. The number of phenolic OH excluding ortho intramolecular Hbond substituents is 4. The Morgan fingerprint density at radius 2 is 1.25 bits per heavy atom. The van der Waals surface area contributed by atoms with Crippen LogP contribution in [-0.4, -0.2) is 50.2 Å². The van der Waals surface area contributed by atoms with Gasteiger partial charge in [-0.3, -0.25) is 4.55 Å². The Kier molecular flexibility index (Phi) is 10.4. The van der Waals surface area contributed by atoms with E-state index in [1.165, 1.54) is 60.7 Å². The standard InChI is InChI=1S/C35H31N7O11S3/c1-18-11-28(40-39-27-12-19(5-10-29(27)43)16-54(36,47)48)34(46)25-9-7-23(15-26(18)25)38-22-6-8-24-21(13-22)14-31(45)33(35(24)56(51,52)53)42-41-32-20(17-55(37,49)50)3-2-4-30(32)44/h2-15,38,43-46H,16-17H2,1H3,(H2,36,47,48)(H2,37,49,50)(H,51,52,53). The van der Waals surface area contributed by atoms with Gasteiger partial charge in [-0.15, -0.1) is 20.5 Å². The molecule has 0 fully saturated rings. The molecule has 0 aliphatic carbocycles. The summed E-state index contributed by atoms with van der Waals surface area (Å²) in [6, 6.07) is 19.8. The first kappa shape index (κ1) is 39.5. The number of nitrogens with one attached hydrogen (secondary N) is 1. The molecule has 0 saturated carbocycles. The minimum atomic E-state index is -5.06. The van der Waals surface area contributed by atoms with Gasteiger partial charge in [0.2, 0.25) is 20.0 Å². The number of hydrogen-bond donors (Lipinski definition) is 8. The molecule has 290 valence electrons. The van der Waals surface area contributed by atoms with Crippen LogP contribution in [-0.2, 0) is 41.7 Å². The number of nitrogens with two attached hydrogens (primary N) is 2. The number of primary sulfonamides is 2. The molecule has 0 heterocycles. The van der Waals surface area contributed by atoms with Crippen molar-refractivity contribution >= 4 is 85.8 Å². The summed E-state index contributed by atoms with van der Waals surface area (Å²) in [4.78, 5) is -0.803. The third-order valence-electron chi connectivity index (χ3n) is 8.27. The Morgan fingerprint density at radius 1 is 0.607 bits per heavy atom. The summed E-state index contributed by atoms with van der Waals surface area (Å²) < 4.78 is 81.9. The molecule has 0 aliphatic rings. The predicted molar refractivity (Wildman–Crippen MR) is 207 cm³/mol. The van der Waals surface area contributed by atoms with Gasteiger partial charge in [-0.25, -0.2) is 27.1 Å². The van der Waals surface area contributed by atoms with Crippen molar-refractivity contribution in [3.8, 4) is 23.0 Å². The van der Waals surface area contributed by atoms with E-state index in [1.807, 2.05) is 0 Å². The van der Waals surface area contributed by atoms with Crippen molar-refractivity contribution in [2.75, 3.05) is 5.32 Å². The minimum absolute atomic E-state index is 0.0419. The maximum atomic E-state index is 12.6. The van der Waals surface area contributed by atoms with Crippen LogP contribution in [0.4, 0.5) is 34.1 Å². The lowest BCUT2D eigenvalue weighted by Gasteiger charge is -2.14. The molecule has 21 heteroatoms. The number of rotatable bonds is 11. The van der Waals surface area contributed by atoms with E-state index >= 15 is 0 Å². The molecule has 56 heavy (non-hydrogen) atoms. The summed E-state index contributed by atoms with van der Waals surface area (Å²) in [5.74, 6) is -2.94.